The van der Waals surface area contributed by atoms with Gasteiger partial charge in [-0.25, -0.2) is 4.98 Å². The fraction of sp³-hybridized carbons (Fsp3) is 0.160. The van der Waals surface area contributed by atoms with E-state index in [1.54, 1.807) is 62.8 Å². The summed E-state index contributed by atoms with van der Waals surface area (Å²) in [5, 5.41) is 0. The largest absolute Gasteiger partial charge is 0.497 e. The summed E-state index contributed by atoms with van der Waals surface area (Å²) in [5.41, 5.74) is 10.4. The van der Waals surface area contributed by atoms with Gasteiger partial charge in [0.2, 0.25) is 11.8 Å². The van der Waals surface area contributed by atoms with Gasteiger partial charge in [-0.3, -0.25) is 40.9 Å². The number of nitrogens with zero attached hydrogens (tertiary/aromatic N) is 1. The molecule has 11 nitrogen and oxygen atoms in total. The molecule has 0 bridgehead atoms. The molecular weight excluding hydrogens is 466 g/mol. The zero-order valence-corrected chi connectivity index (χ0v) is 19.7. The summed E-state index contributed by atoms with van der Waals surface area (Å²) in [4.78, 5) is 52.9. The molecule has 0 aliphatic carbocycles. The van der Waals surface area contributed by atoms with Gasteiger partial charge in [0, 0.05) is 0 Å². The number of nitrogens with one attached hydrogen (secondary N) is 4. The molecule has 2 aromatic carbocycles. The van der Waals surface area contributed by atoms with Crippen LogP contribution < -0.4 is 31.2 Å². The molecule has 11 heteroatoms. The minimum Gasteiger partial charge on any atom is -0.497 e. The summed E-state index contributed by atoms with van der Waals surface area (Å²) < 4.78 is 10.1. The van der Waals surface area contributed by atoms with Crippen LogP contribution in [-0.4, -0.2) is 42.8 Å². The molecule has 4 N–H and O–H groups in total. The quantitative estimate of drug-likeness (QED) is 0.345. The highest BCUT2D eigenvalue weighted by Crippen LogP contribution is 2.12. The van der Waals surface area contributed by atoms with Gasteiger partial charge in [0.25, 0.3) is 11.8 Å². The molecular formula is C25H25N5O6. The molecule has 0 aliphatic heterocycles. The van der Waals surface area contributed by atoms with Crippen molar-refractivity contribution in [2.45, 2.75) is 12.8 Å². The van der Waals surface area contributed by atoms with Crippen molar-refractivity contribution in [3.63, 3.8) is 0 Å². The van der Waals surface area contributed by atoms with E-state index < -0.39 is 23.6 Å². The average molecular weight is 492 g/mol. The first-order chi connectivity index (χ1) is 17.4. The third-order valence-electron chi connectivity index (χ3n) is 4.89. The number of hydrogen-bond acceptors (Lipinski definition) is 7. The topological polar surface area (TPSA) is 148 Å². The maximum atomic E-state index is 12.4. The standard InChI is InChI=1S/C25H25N5O6/c1-35-18-10-6-16(7-11-18)14-22(31)27-29-24(33)20-4-3-5-21(26-20)25(34)30-28-23(32)15-17-8-12-19(36-2)13-9-17/h3-13H,14-15H2,1-2H3,(H,27,31)(H,28,32)(H,29,33)(H,30,34). The number of methoxy groups -OCH3 is 2. The van der Waals surface area contributed by atoms with Gasteiger partial charge in [0.05, 0.1) is 27.1 Å². The molecule has 0 unspecified atom stereocenters. The molecule has 3 aromatic rings. The molecule has 0 saturated heterocycles. The van der Waals surface area contributed by atoms with Crippen LogP contribution in [0.4, 0.5) is 0 Å². The Kier molecular flexibility index (Phi) is 8.93. The lowest BCUT2D eigenvalue weighted by Crippen LogP contribution is -2.44. The third-order valence-corrected chi connectivity index (χ3v) is 4.89. The predicted octanol–water partition coefficient (Wildman–Crippen LogP) is 1.11. The molecule has 4 amide bonds. The van der Waals surface area contributed by atoms with E-state index in [0.717, 1.165) is 11.1 Å². The van der Waals surface area contributed by atoms with Gasteiger partial charge in [0.1, 0.15) is 22.9 Å². The summed E-state index contributed by atoms with van der Waals surface area (Å²) in [7, 11) is 3.09. The van der Waals surface area contributed by atoms with Crippen molar-refractivity contribution < 1.29 is 28.7 Å². The van der Waals surface area contributed by atoms with E-state index in [0.29, 0.717) is 11.5 Å². The SMILES string of the molecule is COc1ccc(CC(=O)NNC(=O)c2cccc(C(=O)NNC(=O)Cc3ccc(OC)cc3)n2)cc1. The lowest BCUT2D eigenvalue weighted by atomic mass is 10.1. The fourth-order valence-corrected chi connectivity index (χ4v) is 3.01. The van der Waals surface area contributed by atoms with Gasteiger partial charge in [-0.2, -0.15) is 0 Å². The van der Waals surface area contributed by atoms with Gasteiger partial charge in [0.15, 0.2) is 0 Å². The van der Waals surface area contributed by atoms with Gasteiger partial charge >= 0.3 is 0 Å². The monoisotopic (exact) mass is 491 g/mol. The van der Waals surface area contributed by atoms with Gasteiger partial charge in [-0.15, -0.1) is 0 Å². The predicted molar refractivity (Wildman–Crippen MR) is 129 cm³/mol. The first-order valence-electron chi connectivity index (χ1n) is 10.8. The van der Waals surface area contributed by atoms with E-state index >= 15 is 0 Å². The molecule has 0 radical (unpaired) electrons. The first kappa shape index (κ1) is 25.7. The van der Waals surface area contributed by atoms with E-state index in [1.165, 1.54) is 18.2 Å². The molecule has 36 heavy (non-hydrogen) atoms. The fourth-order valence-electron chi connectivity index (χ4n) is 3.01. The smallest absolute Gasteiger partial charge is 0.288 e. The van der Waals surface area contributed by atoms with Crippen molar-refractivity contribution in [1.29, 1.82) is 0 Å². The Morgan fingerprint density at radius 3 is 1.36 bits per heavy atom. The Morgan fingerprint density at radius 1 is 0.611 bits per heavy atom. The number of hydrazine groups is 2. The summed E-state index contributed by atoms with van der Waals surface area (Å²) in [6.45, 7) is 0. The van der Waals surface area contributed by atoms with Gasteiger partial charge < -0.3 is 9.47 Å². The van der Waals surface area contributed by atoms with Crippen LogP contribution in [-0.2, 0) is 22.4 Å². The average Bonchev–Trinajstić information content (AvgIpc) is 2.91. The Hall–Kier alpha value is -4.93. The molecule has 1 aromatic heterocycles. The van der Waals surface area contributed by atoms with Crippen LogP contribution in [0, 0.1) is 0 Å². The number of amides is 4. The highest BCUT2D eigenvalue weighted by Gasteiger charge is 2.14. The van der Waals surface area contributed by atoms with Crippen molar-refractivity contribution in [1.82, 2.24) is 26.7 Å². The number of ether oxygens (including phenoxy) is 2. The third kappa shape index (κ3) is 7.55. The Morgan fingerprint density at radius 2 is 1.00 bits per heavy atom. The van der Waals surface area contributed by atoms with E-state index in [1.807, 2.05) is 0 Å². The van der Waals surface area contributed by atoms with Gasteiger partial charge in [-0.1, -0.05) is 30.3 Å². The summed E-state index contributed by atoms with van der Waals surface area (Å²) >= 11 is 0. The van der Waals surface area contributed by atoms with E-state index in [2.05, 4.69) is 26.7 Å². The minimum atomic E-state index is -0.712. The summed E-state index contributed by atoms with van der Waals surface area (Å²) in [5.74, 6) is -0.977. The molecule has 3 rings (SSSR count). The second-order valence-electron chi connectivity index (χ2n) is 7.46. The number of pyridine rings is 1. The molecule has 0 atom stereocenters. The van der Waals surface area contributed by atoms with E-state index in [9.17, 15) is 19.2 Å². The minimum absolute atomic E-state index is 0.0381. The second kappa shape index (κ2) is 12.5. The van der Waals surface area contributed by atoms with Crippen molar-refractivity contribution in [3.05, 3.63) is 89.2 Å². The lowest BCUT2D eigenvalue weighted by Gasteiger charge is -2.09. The molecule has 0 fully saturated rings. The first-order valence-corrected chi connectivity index (χ1v) is 10.8. The van der Waals surface area contributed by atoms with Crippen molar-refractivity contribution in [2.24, 2.45) is 0 Å². The molecule has 0 aliphatic rings. The van der Waals surface area contributed by atoms with Crippen LogP contribution in [0.2, 0.25) is 0 Å². The van der Waals surface area contributed by atoms with Crippen molar-refractivity contribution in [3.8, 4) is 11.5 Å². The number of rotatable bonds is 8. The van der Waals surface area contributed by atoms with E-state index in [4.69, 9.17) is 9.47 Å². The highest BCUT2D eigenvalue weighted by atomic mass is 16.5. The second-order valence-corrected chi connectivity index (χ2v) is 7.46. The Bertz CT molecular complexity index is 1140. The molecule has 0 spiro atoms. The maximum Gasteiger partial charge on any atom is 0.288 e. The van der Waals surface area contributed by atoms with Crippen LogP contribution in [0.3, 0.4) is 0 Å². The van der Waals surface area contributed by atoms with Gasteiger partial charge in [-0.05, 0) is 47.5 Å². The Labute approximate surface area is 207 Å². The van der Waals surface area contributed by atoms with Crippen LogP contribution in [0.15, 0.2) is 66.7 Å². The summed E-state index contributed by atoms with van der Waals surface area (Å²) in [6, 6.07) is 18.1. The van der Waals surface area contributed by atoms with Crippen LogP contribution in [0.1, 0.15) is 32.1 Å². The number of carbonyl (C=O) groups is 4. The number of benzene rings is 2. The van der Waals surface area contributed by atoms with E-state index in [-0.39, 0.29) is 24.2 Å². The van der Waals surface area contributed by atoms with Crippen LogP contribution >= 0.6 is 0 Å². The molecule has 1 heterocycles. The highest BCUT2D eigenvalue weighted by molar-refractivity contribution is 5.97. The molecule has 186 valence electrons. The lowest BCUT2D eigenvalue weighted by molar-refractivity contribution is -0.122. The maximum absolute atomic E-state index is 12.4. The zero-order chi connectivity index (χ0) is 25.9. The zero-order valence-electron chi connectivity index (χ0n) is 19.7. The van der Waals surface area contributed by atoms with Crippen molar-refractivity contribution in [2.75, 3.05) is 14.2 Å². The molecule has 0 saturated carbocycles. The van der Waals surface area contributed by atoms with Crippen LogP contribution in [0.5, 0.6) is 11.5 Å². The normalized spacial score (nSPS) is 10.1. The van der Waals surface area contributed by atoms with Crippen molar-refractivity contribution >= 4 is 23.6 Å². The Balaban J connectivity index is 1.47. The number of aromatic nitrogens is 1. The van der Waals surface area contributed by atoms with Crippen LogP contribution in [0.25, 0.3) is 0 Å². The number of hydrogen-bond donors (Lipinski definition) is 4. The summed E-state index contributed by atoms with van der Waals surface area (Å²) in [6.07, 6.45) is 0.0761. The number of carbonyl (C=O) groups excluding carboxylic acids is 4.